The second-order valence-electron chi connectivity index (χ2n) is 4.89. The van der Waals surface area contributed by atoms with E-state index >= 15 is 0 Å². The molecule has 0 bridgehead atoms. The summed E-state index contributed by atoms with van der Waals surface area (Å²) in [5.74, 6) is 0.117. The van der Waals surface area contributed by atoms with Gasteiger partial charge in [-0.1, -0.05) is 11.6 Å². The van der Waals surface area contributed by atoms with Gasteiger partial charge in [-0.05, 0) is 37.1 Å². The number of benzene rings is 1. The second kappa shape index (κ2) is 4.97. The van der Waals surface area contributed by atoms with Gasteiger partial charge < -0.3 is 4.52 Å². The van der Waals surface area contributed by atoms with Gasteiger partial charge in [-0.3, -0.25) is 0 Å². The van der Waals surface area contributed by atoms with E-state index in [0.29, 0.717) is 5.89 Å². The van der Waals surface area contributed by atoms with Crippen LogP contribution in [0.1, 0.15) is 36.9 Å². The van der Waals surface area contributed by atoms with Crippen molar-refractivity contribution in [2.45, 2.75) is 35.8 Å². The quantitative estimate of drug-likeness (QED) is 0.810. The first kappa shape index (κ1) is 13.2. The minimum Gasteiger partial charge on any atom is -0.339 e. The normalized spacial score (nSPS) is 16.1. The van der Waals surface area contributed by atoms with E-state index in [-0.39, 0.29) is 22.4 Å². The molecule has 0 spiro atoms. The Morgan fingerprint density at radius 2 is 1.95 bits per heavy atom. The largest absolute Gasteiger partial charge is 0.339 e. The number of nitrogens with zero attached hydrogens (tertiary/aromatic N) is 2. The van der Waals surface area contributed by atoms with Gasteiger partial charge in [0.25, 0.3) is 0 Å². The van der Waals surface area contributed by atoms with E-state index in [9.17, 15) is 12.8 Å². The van der Waals surface area contributed by atoms with Gasteiger partial charge in [0, 0.05) is 5.92 Å². The molecule has 1 heterocycles. The Bertz CT molecular complexity index is 705. The number of hydrogen-bond donors (Lipinski definition) is 0. The molecular formula is C13H13FN2O3S. The van der Waals surface area contributed by atoms with Crippen molar-refractivity contribution in [1.29, 1.82) is 0 Å². The Balaban J connectivity index is 1.78. The van der Waals surface area contributed by atoms with Gasteiger partial charge in [0.05, 0.1) is 4.90 Å². The average Bonchev–Trinajstić information content (AvgIpc) is 2.74. The number of halogens is 1. The third-order valence-corrected chi connectivity index (χ3v) is 5.06. The smallest absolute Gasteiger partial charge is 0.229 e. The maximum absolute atomic E-state index is 12.8. The van der Waals surface area contributed by atoms with Crippen molar-refractivity contribution < 1.29 is 17.3 Å². The first-order valence-electron chi connectivity index (χ1n) is 6.35. The first-order chi connectivity index (χ1) is 9.54. The maximum Gasteiger partial charge on any atom is 0.229 e. The molecule has 2 aromatic rings. The second-order valence-corrected chi connectivity index (χ2v) is 6.88. The zero-order chi connectivity index (χ0) is 14.2. The SMILES string of the molecule is O=S(=O)(Cc1noc(C2CCC2)n1)c1ccc(F)cc1. The number of hydrogen-bond acceptors (Lipinski definition) is 5. The number of rotatable bonds is 4. The molecule has 1 aromatic heterocycles. The molecule has 5 nitrogen and oxygen atoms in total. The molecule has 3 rings (SSSR count). The lowest BCUT2D eigenvalue weighted by Gasteiger charge is -2.20. The lowest BCUT2D eigenvalue weighted by atomic mass is 9.85. The Hall–Kier alpha value is -1.76. The highest BCUT2D eigenvalue weighted by atomic mass is 32.2. The molecule has 20 heavy (non-hydrogen) atoms. The van der Waals surface area contributed by atoms with Crippen LogP contribution in [-0.2, 0) is 15.6 Å². The van der Waals surface area contributed by atoms with Crippen molar-refractivity contribution in [2.75, 3.05) is 0 Å². The molecule has 1 saturated carbocycles. The van der Waals surface area contributed by atoms with Crippen molar-refractivity contribution in [3.05, 3.63) is 41.8 Å². The summed E-state index contributed by atoms with van der Waals surface area (Å²) in [5, 5.41) is 3.71. The monoisotopic (exact) mass is 296 g/mol. The van der Waals surface area contributed by atoms with E-state index in [1.807, 2.05) is 0 Å². The molecule has 0 N–H and O–H groups in total. The predicted molar refractivity (Wildman–Crippen MR) is 68.2 cm³/mol. The Morgan fingerprint density at radius 1 is 1.25 bits per heavy atom. The molecule has 1 aliphatic rings. The number of aromatic nitrogens is 2. The number of sulfone groups is 1. The van der Waals surface area contributed by atoms with Gasteiger partial charge in [0.2, 0.25) is 5.89 Å². The summed E-state index contributed by atoms with van der Waals surface area (Å²) in [7, 11) is -3.58. The van der Waals surface area contributed by atoms with Crippen LogP contribution < -0.4 is 0 Å². The predicted octanol–water partition coefficient (Wildman–Crippen LogP) is 2.45. The molecule has 0 radical (unpaired) electrons. The first-order valence-corrected chi connectivity index (χ1v) is 8.00. The zero-order valence-electron chi connectivity index (χ0n) is 10.6. The minimum atomic E-state index is -3.58. The lowest BCUT2D eigenvalue weighted by Crippen LogP contribution is -2.10. The van der Waals surface area contributed by atoms with E-state index in [1.54, 1.807) is 0 Å². The van der Waals surface area contributed by atoms with Crippen LogP contribution in [0.2, 0.25) is 0 Å². The van der Waals surface area contributed by atoms with Crippen LogP contribution in [0.25, 0.3) is 0 Å². The maximum atomic E-state index is 12.8. The summed E-state index contributed by atoms with van der Waals surface area (Å²) < 4.78 is 42.2. The highest BCUT2D eigenvalue weighted by molar-refractivity contribution is 7.90. The fourth-order valence-corrected chi connectivity index (χ4v) is 3.22. The summed E-state index contributed by atoms with van der Waals surface area (Å²) in [5.41, 5.74) is 0. The highest BCUT2D eigenvalue weighted by Crippen LogP contribution is 2.35. The van der Waals surface area contributed by atoms with E-state index < -0.39 is 15.7 Å². The van der Waals surface area contributed by atoms with E-state index in [4.69, 9.17) is 4.52 Å². The Kier molecular flexibility index (Phi) is 3.29. The van der Waals surface area contributed by atoms with Crippen LogP contribution in [-0.4, -0.2) is 18.6 Å². The van der Waals surface area contributed by atoms with Gasteiger partial charge in [-0.2, -0.15) is 4.98 Å². The molecule has 106 valence electrons. The van der Waals surface area contributed by atoms with Crippen molar-refractivity contribution >= 4 is 9.84 Å². The summed E-state index contributed by atoms with van der Waals surface area (Å²) in [6.07, 6.45) is 3.15. The van der Waals surface area contributed by atoms with Gasteiger partial charge in [-0.25, -0.2) is 12.8 Å². The Labute approximate surface area is 115 Å². The lowest BCUT2D eigenvalue weighted by molar-refractivity contribution is 0.291. The van der Waals surface area contributed by atoms with Gasteiger partial charge >= 0.3 is 0 Å². The van der Waals surface area contributed by atoms with E-state index in [1.165, 1.54) is 12.1 Å². The minimum absolute atomic E-state index is 0.0499. The fraction of sp³-hybridized carbons (Fsp3) is 0.385. The van der Waals surface area contributed by atoms with Crippen LogP contribution in [0.3, 0.4) is 0 Å². The van der Waals surface area contributed by atoms with Gasteiger partial charge in [-0.15, -0.1) is 0 Å². The van der Waals surface area contributed by atoms with E-state index in [0.717, 1.165) is 31.4 Å². The molecule has 0 saturated heterocycles. The molecule has 7 heteroatoms. The van der Waals surface area contributed by atoms with Crippen LogP contribution >= 0.6 is 0 Å². The third kappa shape index (κ3) is 2.58. The fourth-order valence-electron chi connectivity index (χ4n) is 2.04. The molecule has 1 aromatic carbocycles. The van der Waals surface area contributed by atoms with Crippen molar-refractivity contribution in [3.8, 4) is 0 Å². The summed E-state index contributed by atoms with van der Waals surface area (Å²) in [6.45, 7) is 0. The molecule has 1 fully saturated rings. The summed E-state index contributed by atoms with van der Waals surface area (Å²) in [6, 6.07) is 4.70. The standard InChI is InChI=1S/C13H13FN2O3S/c14-10-4-6-11(7-5-10)20(17,18)8-12-15-13(19-16-12)9-2-1-3-9/h4-7,9H,1-3,8H2. The van der Waals surface area contributed by atoms with Crippen LogP contribution in [0.5, 0.6) is 0 Å². The van der Waals surface area contributed by atoms with Crippen LogP contribution in [0.15, 0.2) is 33.7 Å². The molecule has 0 aliphatic heterocycles. The molecule has 0 atom stereocenters. The van der Waals surface area contributed by atoms with E-state index in [2.05, 4.69) is 10.1 Å². The summed E-state index contributed by atoms with van der Waals surface area (Å²) in [4.78, 5) is 4.18. The van der Waals surface area contributed by atoms with Crippen LogP contribution in [0.4, 0.5) is 4.39 Å². The van der Waals surface area contributed by atoms with Crippen molar-refractivity contribution in [2.24, 2.45) is 0 Å². The van der Waals surface area contributed by atoms with Gasteiger partial charge in [0.15, 0.2) is 15.7 Å². The summed E-state index contributed by atoms with van der Waals surface area (Å²) >= 11 is 0. The van der Waals surface area contributed by atoms with Crippen molar-refractivity contribution in [1.82, 2.24) is 10.1 Å². The topological polar surface area (TPSA) is 73.1 Å². The molecule has 0 amide bonds. The van der Waals surface area contributed by atoms with Crippen molar-refractivity contribution in [3.63, 3.8) is 0 Å². The van der Waals surface area contributed by atoms with Gasteiger partial charge in [0.1, 0.15) is 11.6 Å². The average molecular weight is 296 g/mol. The molecule has 1 aliphatic carbocycles. The highest BCUT2D eigenvalue weighted by Gasteiger charge is 2.26. The zero-order valence-corrected chi connectivity index (χ0v) is 11.4. The van der Waals surface area contributed by atoms with Crippen LogP contribution in [0, 0.1) is 5.82 Å². The Morgan fingerprint density at radius 3 is 2.55 bits per heavy atom. The third-order valence-electron chi connectivity index (χ3n) is 3.43. The molecule has 0 unspecified atom stereocenters. The molecular weight excluding hydrogens is 283 g/mol.